The maximum absolute atomic E-state index is 3.37. The van der Waals surface area contributed by atoms with E-state index in [0.717, 1.165) is 13.1 Å². The summed E-state index contributed by atoms with van der Waals surface area (Å²) in [5, 5.41) is 3.37. The summed E-state index contributed by atoms with van der Waals surface area (Å²) in [4.78, 5) is 2.53. The van der Waals surface area contributed by atoms with E-state index in [0.29, 0.717) is 5.41 Å². The van der Waals surface area contributed by atoms with Crippen molar-refractivity contribution in [3.8, 4) is 0 Å². The zero-order chi connectivity index (χ0) is 12.4. The second kappa shape index (κ2) is 4.89. The zero-order valence-corrected chi connectivity index (χ0v) is 11.9. The Morgan fingerprint density at radius 3 is 2.25 bits per heavy atom. The number of likely N-dealkylation sites (N-methyl/N-ethyl adjacent to an activating group) is 1. The van der Waals surface area contributed by atoms with Crippen molar-refractivity contribution in [1.29, 1.82) is 0 Å². The van der Waals surface area contributed by atoms with E-state index in [1.807, 2.05) is 7.05 Å². The number of hydrogen-bond acceptors (Lipinski definition) is 2. The molecule has 0 aromatic carbocycles. The van der Waals surface area contributed by atoms with Crippen molar-refractivity contribution in [2.75, 3.05) is 26.7 Å². The van der Waals surface area contributed by atoms with Crippen LogP contribution in [0.25, 0.3) is 0 Å². The third-order valence-electron chi connectivity index (χ3n) is 3.55. The van der Waals surface area contributed by atoms with E-state index in [1.54, 1.807) is 5.57 Å². The lowest BCUT2D eigenvalue weighted by molar-refractivity contribution is 0.213. The van der Waals surface area contributed by atoms with Crippen molar-refractivity contribution in [2.45, 2.75) is 46.6 Å². The molecule has 0 bridgehead atoms. The summed E-state index contributed by atoms with van der Waals surface area (Å²) in [5.74, 6) is 0. The van der Waals surface area contributed by atoms with Crippen molar-refractivity contribution in [2.24, 2.45) is 5.41 Å². The minimum absolute atomic E-state index is 0.215. The Hall–Kier alpha value is -0.340. The normalized spacial score (nSPS) is 19.8. The first-order valence-corrected chi connectivity index (χ1v) is 6.35. The molecule has 1 aliphatic rings. The molecule has 16 heavy (non-hydrogen) atoms. The highest BCUT2D eigenvalue weighted by atomic mass is 15.2. The van der Waals surface area contributed by atoms with Gasteiger partial charge in [0, 0.05) is 25.2 Å². The van der Waals surface area contributed by atoms with E-state index in [4.69, 9.17) is 0 Å². The molecule has 0 aromatic heterocycles. The third kappa shape index (κ3) is 3.91. The van der Waals surface area contributed by atoms with Crippen LogP contribution >= 0.6 is 0 Å². The molecule has 0 atom stereocenters. The lowest BCUT2D eigenvalue weighted by atomic mass is 9.83. The fourth-order valence-corrected chi connectivity index (χ4v) is 2.17. The molecule has 1 N–H and O–H groups in total. The Bertz CT molecular complexity index is 258. The molecule has 0 saturated carbocycles. The molecule has 94 valence electrons. The van der Waals surface area contributed by atoms with Crippen LogP contribution in [-0.2, 0) is 0 Å². The van der Waals surface area contributed by atoms with E-state index in [2.05, 4.69) is 50.9 Å². The monoisotopic (exact) mass is 224 g/mol. The maximum Gasteiger partial charge on any atom is 0.0249 e. The lowest BCUT2D eigenvalue weighted by Gasteiger charge is -2.36. The average Bonchev–Trinajstić information content (AvgIpc) is 2.16. The van der Waals surface area contributed by atoms with Crippen molar-refractivity contribution in [1.82, 2.24) is 10.2 Å². The maximum atomic E-state index is 3.37. The molecule has 0 saturated heterocycles. The second-order valence-corrected chi connectivity index (χ2v) is 6.60. The van der Waals surface area contributed by atoms with Crippen molar-refractivity contribution < 1.29 is 0 Å². The fraction of sp³-hybridized carbons (Fsp3) is 0.857. The second-order valence-electron chi connectivity index (χ2n) is 6.60. The van der Waals surface area contributed by atoms with Crippen LogP contribution in [0.4, 0.5) is 0 Å². The molecule has 0 fully saturated rings. The predicted octanol–water partition coefficient (Wildman–Crippen LogP) is 2.66. The van der Waals surface area contributed by atoms with Crippen LogP contribution in [-0.4, -0.2) is 37.1 Å². The van der Waals surface area contributed by atoms with Crippen LogP contribution < -0.4 is 5.32 Å². The van der Waals surface area contributed by atoms with Crippen LogP contribution in [0, 0.1) is 5.41 Å². The first kappa shape index (κ1) is 13.7. The van der Waals surface area contributed by atoms with Gasteiger partial charge in [-0.1, -0.05) is 32.4 Å². The number of rotatable bonds is 3. The molecular formula is C14H28N2. The molecule has 1 heterocycles. The summed E-state index contributed by atoms with van der Waals surface area (Å²) >= 11 is 0. The van der Waals surface area contributed by atoms with Crippen molar-refractivity contribution >= 4 is 0 Å². The molecule has 0 aromatic rings. The molecule has 2 heteroatoms. The Balaban J connectivity index is 2.52. The van der Waals surface area contributed by atoms with E-state index in [1.165, 1.54) is 13.0 Å². The van der Waals surface area contributed by atoms with E-state index >= 15 is 0 Å². The Kier molecular flexibility index (Phi) is 4.19. The van der Waals surface area contributed by atoms with Crippen LogP contribution in [0.5, 0.6) is 0 Å². The lowest BCUT2D eigenvalue weighted by Crippen LogP contribution is -2.48. The molecule has 1 rings (SSSR count). The Labute approximate surface area is 101 Å². The highest BCUT2D eigenvalue weighted by Gasteiger charge is 2.24. The smallest absolute Gasteiger partial charge is 0.0249 e. The van der Waals surface area contributed by atoms with Gasteiger partial charge in [0.2, 0.25) is 0 Å². The molecule has 0 radical (unpaired) electrons. The summed E-state index contributed by atoms with van der Waals surface area (Å²) in [5.41, 5.74) is 2.18. The zero-order valence-electron chi connectivity index (χ0n) is 11.9. The van der Waals surface area contributed by atoms with E-state index in [-0.39, 0.29) is 5.54 Å². The summed E-state index contributed by atoms with van der Waals surface area (Å²) in [6.07, 6.45) is 3.65. The van der Waals surface area contributed by atoms with E-state index < -0.39 is 0 Å². The third-order valence-corrected chi connectivity index (χ3v) is 3.55. The van der Waals surface area contributed by atoms with Gasteiger partial charge in [-0.2, -0.15) is 0 Å². The Morgan fingerprint density at radius 2 is 1.88 bits per heavy atom. The van der Waals surface area contributed by atoms with Gasteiger partial charge < -0.3 is 5.32 Å². The standard InChI is InChI=1S/C14H28N2/c1-13(2,3)12-7-9-16(10-8-12)11-14(4,5)15-6/h7,15H,8-11H2,1-6H3. The number of nitrogens with zero attached hydrogens (tertiary/aromatic N) is 1. The first-order valence-electron chi connectivity index (χ1n) is 6.35. The minimum Gasteiger partial charge on any atom is -0.314 e. The first-order chi connectivity index (χ1) is 7.24. The summed E-state index contributed by atoms with van der Waals surface area (Å²) in [7, 11) is 2.04. The molecule has 0 aliphatic carbocycles. The Morgan fingerprint density at radius 1 is 1.25 bits per heavy atom. The van der Waals surface area contributed by atoms with Gasteiger partial charge in [-0.15, -0.1) is 0 Å². The summed E-state index contributed by atoms with van der Waals surface area (Å²) in [6.45, 7) is 14.9. The predicted molar refractivity (Wildman–Crippen MR) is 71.7 cm³/mol. The molecule has 0 unspecified atom stereocenters. The summed E-state index contributed by atoms with van der Waals surface area (Å²) < 4.78 is 0. The van der Waals surface area contributed by atoms with Gasteiger partial charge in [-0.3, -0.25) is 4.90 Å². The van der Waals surface area contributed by atoms with Crippen LogP contribution in [0.15, 0.2) is 11.6 Å². The van der Waals surface area contributed by atoms with Crippen LogP contribution in [0.3, 0.4) is 0 Å². The van der Waals surface area contributed by atoms with Gasteiger partial charge >= 0.3 is 0 Å². The number of hydrogen-bond donors (Lipinski definition) is 1. The number of nitrogens with one attached hydrogen (secondary N) is 1. The molecule has 1 aliphatic heterocycles. The topological polar surface area (TPSA) is 15.3 Å². The summed E-state index contributed by atoms with van der Waals surface area (Å²) in [6, 6.07) is 0. The quantitative estimate of drug-likeness (QED) is 0.742. The molecule has 0 amide bonds. The molecular weight excluding hydrogens is 196 g/mol. The molecule has 0 spiro atoms. The molecule has 2 nitrogen and oxygen atoms in total. The van der Waals surface area contributed by atoms with Crippen molar-refractivity contribution in [3.05, 3.63) is 11.6 Å². The fourth-order valence-electron chi connectivity index (χ4n) is 2.17. The van der Waals surface area contributed by atoms with Gasteiger partial charge in [0.05, 0.1) is 0 Å². The van der Waals surface area contributed by atoms with Crippen LogP contribution in [0.2, 0.25) is 0 Å². The van der Waals surface area contributed by atoms with E-state index in [9.17, 15) is 0 Å². The SMILES string of the molecule is CNC(C)(C)CN1CC=C(C(C)(C)C)CC1. The van der Waals surface area contributed by atoms with Gasteiger partial charge in [0.25, 0.3) is 0 Å². The highest BCUT2D eigenvalue weighted by molar-refractivity contribution is 5.14. The van der Waals surface area contributed by atoms with Crippen molar-refractivity contribution in [3.63, 3.8) is 0 Å². The van der Waals surface area contributed by atoms with Gasteiger partial charge in [0.1, 0.15) is 0 Å². The van der Waals surface area contributed by atoms with Gasteiger partial charge in [0.15, 0.2) is 0 Å². The average molecular weight is 224 g/mol. The highest BCUT2D eigenvalue weighted by Crippen LogP contribution is 2.30. The van der Waals surface area contributed by atoms with Crippen LogP contribution in [0.1, 0.15) is 41.0 Å². The minimum atomic E-state index is 0.215. The van der Waals surface area contributed by atoms with Gasteiger partial charge in [-0.05, 0) is 32.7 Å². The largest absolute Gasteiger partial charge is 0.314 e. The van der Waals surface area contributed by atoms with Gasteiger partial charge in [-0.25, -0.2) is 0 Å².